The first-order chi connectivity index (χ1) is 5.26. The average Bonchev–Trinajstić information content (AvgIpc) is 2.06. The fraction of sp³-hybridized carbons (Fsp3) is 0.889. The van der Waals surface area contributed by atoms with Gasteiger partial charge in [-0.05, 0) is 25.7 Å². The Hall–Kier alpha value is -0.370. The topological polar surface area (TPSA) is 26.3 Å². The maximum absolute atomic E-state index is 11.3. The Morgan fingerprint density at radius 2 is 2.09 bits per heavy atom. The van der Waals surface area contributed by atoms with E-state index < -0.39 is 0 Å². The lowest BCUT2D eigenvalue weighted by molar-refractivity contribution is -0.145. The van der Waals surface area contributed by atoms with Gasteiger partial charge in [-0.2, -0.15) is 0 Å². The molecule has 0 saturated heterocycles. The molecule has 2 heteroatoms. The number of hydrogen-bond donors (Lipinski definition) is 0. The fourth-order valence-corrected chi connectivity index (χ4v) is 2.38. The van der Waals surface area contributed by atoms with E-state index in [0.717, 1.165) is 25.7 Å². The van der Waals surface area contributed by atoms with Crippen LogP contribution in [0.4, 0.5) is 0 Å². The Morgan fingerprint density at radius 1 is 1.45 bits per heavy atom. The van der Waals surface area contributed by atoms with E-state index in [-0.39, 0.29) is 5.60 Å². The zero-order valence-corrected chi connectivity index (χ0v) is 6.93. The molecule has 0 heterocycles. The highest BCUT2D eigenvalue weighted by Gasteiger charge is 2.45. The molecule has 0 aliphatic heterocycles. The molecule has 2 bridgehead atoms. The quantitative estimate of drug-likeness (QED) is 0.572. The first kappa shape index (κ1) is 7.29. The van der Waals surface area contributed by atoms with Gasteiger partial charge in [-0.15, -0.1) is 0 Å². The molecule has 0 amide bonds. The average molecular weight is 154 g/mol. The van der Waals surface area contributed by atoms with Gasteiger partial charge in [0.15, 0.2) is 0 Å². The van der Waals surface area contributed by atoms with Crippen molar-refractivity contribution in [2.45, 2.75) is 37.7 Å². The van der Waals surface area contributed by atoms with Crippen molar-refractivity contribution in [2.24, 2.45) is 5.92 Å². The van der Waals surface area contributed by atoms with Crippen LogP contribution in [0.5, 0.6) is 0 Å². The second kappa shape index (κ2) is 2.31. The minimum absolute atomic E-state index is 0.0498. The molecule has 0 aromatic heterocycles. The summed E-state index contributed by atoms with van der Waals surface area (Å²) in [5.74, 6) is 0.816. The van der Waals surface area contributed by atoms with Crippen LogP contribution in [0.3, 0.4) is 0 Å². The summed E-state index contributed by atoms with van der Waals surface area (Å²) in [5, 5.41) is 0. The number of carbonyl (C=O) groups excluding carboxylic acids is 1. The third-order valence-electron chi connectivity index (χ3n) is 3.28. The highest BCUT2D eigenvalue weighted by molar-refractivity contribution is 5.83. The predicted molar refractivity (Wildman–Crippen MR) is 41.3 cm³/mol. The van der Waals surface area contributed by atoms with Crippen molar-refractivity contribution in [2.75, 3.05) is 7.11 Å². The van der Waals surface area contributed by atoms with Gasteiger partial charge >= 0.3 is 0 Å². The number of fused-ring (bicyclic) bond motifs is 3. The Bertz CT molecular complexity index is 178. The molecule has 0 spiro atoms. The van der Waals surface area contributed by atoms with Crippen LogP contribution in [-0.4, -0.2) is 18.5 Å². The molecule has 3 aliphatic rings. The lowest BCUT2D eigenvalue weighted by atomic mass is 9.67. The number of ether oxygens (including phenoxy) is 1. The van der Waals surface area contributed by atoms with E-state index in [9.17, 15) is 4.79 Å². The number of ketones is 1. The van der Waals surface area contributed by atoms with E-state index in [1.54, 1.807) is 7.11 Å². The van der Waals surface area contributed by atoms with Crippen molar-refractivity contribution in [3.05, 3.63) is 0 Å². The predicted octanol–water partition coefficient (Wildman–Crippen LogP) is 1.53. The molecule has 3 saturated carbocycles. The Kier molecular flexibility index (Phi) is 1.53. The standard InChI is InChI=1S/C9H14O2/c1-11-9-4-2-7(3-5-9)8(10)6-9/h7H,2-6H2,1H3. The van der Waals surface area contributed by atoms with Crippen LogP contribution in [-0.2, 0) is 9.53 Å². The van der Waals surface area contributed by atoms with Crippen molar-refractivity contribution in [3.8, 4) is 0 Å². The van der Waals surface area contributed by atoms with E-state index in [2.05, 4.69) is 0 Å². The summed E-state index contributed by atoms with van der Waals surface area (Å²) >= 11 is 0. The van der Waals surface area contributed by atoms with Crippen LogP contribution in [0, 0.1) is 5.92 Å². The number of carbonyl (C=O) groups is 1. The van der Waals surface area contributed by atoms with E-state index in [0.29, 0.717) is 18.1 Å². The molecule has 62 valence electrons. The van der Waals surface area contributed by atoms with E-state index in [1.165, 1.54) is 0 Å². The second-order valence-corrected chi connectivity index (χ2v) is 3.80. The summed E-state index contributed by atoms with van der Waals surface area (Å²) in [5.41, 5.74) is -0.0498. The normalized spacial score (nSPS) is 43.0. The number of rotatable bonds is 1. The Labute approximate surface area is 66.9 Å². The maximum atomic E-state index is 11.3. The smallest absolute Gasteiger partial charge is 0.138 e. The Balaban J connectivity index is 2.18. The summed E-state index contributed by atoms with van der Waals surface area (Å²) in [6.45, 7) is 0. The Morgan fingerprint density at radius 3 is 2.45 bits per heavy atom. The van der Waals surface area contributed by atoms with Crippen molar-refractivity contribution in [3.63, 3.8) is 0 Å². The number of Topliss-reactive ketones (excluding diaryl/α,β-unsaturated/α-hetero) is 1. The van der Waals surface area contributed by atoms with E-state index in [1.807, 2.05) is 0 Å². The van der Waals surface area contributed by atoms with Gasteiger partial charge in [0.1, 0.15) is 5.78 Å². The van der Waals surface area contributed by atoms with Gasteiger partial charge in [-0.25, -0.2) is 0 Å². The summed E-state index contributed by atoms with van der Waals surface area (Å²) in [6.07, 6.45) is 4.99. The van der Waals surface area contributed by atoms with Gasteiger partial charge in [-0.1, -0.05) is 0 Å². The van der Waals surface area contributed by atoms with Crippen LogP contribution in [0.1, 0.15) is 32.1 Å². The lowest BCUT2D eigenvalue weighted by Crippen LogP contribution is -2.46. The van der Waals surface area contributed by atoms with Gasteiger partial charge in [0, 0.05) is 19.4 Å². The molecular weight excluding hydrogens is 140 g/mol. The molecule has 11 heavy (non-hydrogen) atoms. The first-order valence-corrected chi connectivity index (χ1v) is 4.34. The van der Waals surface area contributed by atoms with Gasteiger partial charge in [0.05, 0.1) is 5.60 Å². The molecule has 3 rings (SSSR count). The van der Waals surface area contributed by atoms with Gasteiger partial charge in [0.2, 0.25) is 0 Å². The molecule has 3 aliphatic carbocycles. The van der Waals surface area contributed by atoms with Crippen LogP contribution in [0.15, 0.2) is 0 Å². The lowest BCUT2D eigenvalue weighted by Gasteiger charge is -2.44. The fourth-order valence-electron chi connectivity index (χ4n) is 2.38. The van der Waals surface area contributed by atoms with Crippen molar-refractivity contribution < 1.29 is 9.53 Å². The van der Waals surface area contributed by atoms with Crippen LogP contribution in [0.2, 0.25) is 0 Å². The third-order valence-corrected chi connectivity index (χ3v) is 3.28. The molecule has 3 fully saturated rings. The van der Waals surface area contributed by atoms with Gasteiger partial charge in [-0.3, -0.25) is 4.79 Å². The van der Waals surface area contributed by atoms with Gasteiger partial charge < -0.3 is 4.74 Å². The summed E-state index contributed by atoms with van der Waals surface area (Å²) < 4.78 is 5.42. The monoisotopic (exact) mass is 154 g/mol. The maximum Gasteiger partial charge on any atom is 0.138 e. The summed E-state index contributed by atoms with van der Waals surface area (Å²) in [7, 11) is 1.74. The zero-order valence-electron chi connectivity index (χ0n) is 6.93. The van der Waals surface area contributed by atoms with Gasteiger partial charge in [0.25, 0.3) is 0 Å². The van der Waals surface area contributed by atoms with Crippen LogP contribution >= 0.6 is 0 Å². The summed E-state index contributed by atoms with van der Waals surface area (Å²) in [4.78, 5) is 11.3. The zero-order chi connectivity index (χ0) is 7.90. The SMILES string of the molecule is COC12CCC(CC1)C(=O)C2. The molecule has 0 atom stereocenters. The molecule has 0 unspecified atom stereocenters. The molecule has 0 aromatic carbocycles. The molecule has 2 nitrogen and oxygen atoms in total. The van der Waals surface area contributed by atoms with E-state index >= 15 is 0 Å². The van der Waals surface area contributed by atoms with Crippen molar-refractivity contribution in [1.82, 2.24) is 0 Å². The van der Waals surface area contributed by atoms with Crippen LogP contribution in [0.25, 0.3) is 0 Å². The number of methoxy groups -OCH3 is 1. The minimum Gasteiger partial charge on any atom is -0.378 e. The summed E-state index contributed by atoms with van der Waals surface area (Å²) in [6, 6.07) is 0. The van der Waals surface area contributed by atoms with E-state index in [4.69, 9.17) is 4.74 Å². The van der Waals surface area contributed by atoms with Crippen molar-refractivity contribution in [1.29, 1.82) is 0 Å². The molecule has 0 radical (unpaired) electrons. The number of hydrogen-bond acceptors (Lipinski definition) is 2. The molecule has 0 aromatic rings. The minimum atomic E-state index is -0.0498. The first-order valence-electron chi connectivity index (χ1n) is 4.34. The van der Waals surface area contributed by atoms with Crippen molar-refractivity contribution >= 4 is 5.78 Å². The molecular formula is C9H14O2. The van der Waals surface area contributed by atoms with Crippen LogP contribution < -0.4 is 0 Å². The second-order valence-electron chi connectivity index (χ2n) is 3.80. The third kappa shape index (κ3) is 1.00. The highest BCUT2D eigenvalue weighted by atomic mass is 16.5. The largest absolute Gasteiger partial charge is 0.378 e. The highest BCUT2D eigenvalue weighted by Crippen LogP contribution is 2.43. The molecule has 0 N–H and O–H groups in total.